The highest BCUT2D eigenvalue weighted by Crippen LogP contribution is 2.34. The normalized spacial score (nSPS) is 29.9. The molecular weight excluding hydrogens is 314 g/mol. The number of fused-ring (bicyclic) bond motifs is 2. The highest BCUT2D eigenvalue weighted by atomic mass is 32.2. The first-order chi connectivity index (χ1) is 11.1. The molecule has 2 aliphatic rings. The predicted molar refractivity (Wildman–Crippen MR) is 85.5 cm³/mol. The molecule has 23 heavy (non-hydrogen) atoms. The summed E-state index contributed by atoms with van der Waals surface area (Å²) < 4.78 is 24.8. The van der Waals surface area contributed by atoms with Crippen LogP contribution in [-0.2, 0) is 22.6 Å². The summed E-state index contributed by atoms with van der Waals surface area (Å²) in [4.78, 5) is 18.9. The molecule has 0 spiro atoms. The van der Waals surface area contributed by atoms with Crippen molar-refractivity contribution in [2.75, 3.05) is 6.54 Å². The molecule has 0 N–H and O–H groups in total. The predicted octanol–water partition coefficient (Wildman–Crippen LogP) is 1.24. The first-order valence-electron chi connectivity index (χ1n) is 7.80. The number of aromatic nitrogens is 1. The molecule has 124 valence electrons. The van der Waals surface area contributed by atoms with Gasteiger partial charge in [-0.2, -0.15) is 0 Å². The molecule has 0 saturated carbocycles. The van der Waals surface area contributed by atoms with E-state index in [-0.39, 0.29) is 17.9 Å². The van der Waals surface area contributed by atoms with Crippen LogP contribution >= 0.6 is 0 Å². The van der Waals surface area contributed by atoms with Gasteiger partial charge in [0.15, 0.2) is 0 Å². The quantitative estimate of drug-likeness (QED) is 0.613. The van der Waals surface area contributed by atoms with E-state index in [1.807, 2.05) is 18.2 Å². The summed E-state index contributed by atoms with van der Waals surface area (Å²) in [6.07, 6.45) is 5.67. The molecule has 3 rings (SSSR count). The largest absolute Gasteiger partial charge is 0.760 e. The van der Waals surface area contributed by atoms with Gasteiger partial charge in [-0.3, -0.25) is 14.0 Å². The van der Waals surface area contributed by atoms with Gasteiger partial charge >= 0.3 is 0 Å². The monoisotopic (exact) mass is 334 g/mol. The molecule has 0 aromatic carbocycles. The number of hydrogen-bond acceptors (Lipinski definition) is 4. The van der Waals surface area contributed by atoms with Crippen molar-refractivity contribution in [1.29, 1.82) is 0 Å². The van der Waals surface area contributed by atoms with Crippen LogP contribution in [0.5, 0.6) is 0 Å². The molecule has 2 fully saturated rings. The molecule has 2 aliphatic heterocycles. The molecule has 2 saturated heterocycles. The van der Waals surface area contributed by atoms with Crippen molar-refractivity contribution in [3.8, 4) is 0 Å². The fraction of sp³-hybridized carbons (Fsp3) is 0.500. The molecule has 1 aromatic heterocycles. The zero-order valence-electron chi connectivity index (χ0n) is 12.8. The highest BCUT2D eigenvalue weighted by molar-refractivity contribution is 7.76. The molecule has 4 atom stereocenters. The maximum Gasteiger partial charge on any atom is 0.241 e. The standard InChI is InChI=1S/C16H21N3O3S/c1-2-12-10-18(11-13-6-3-4-9-17-13)16(20)15-8-5-7-14(12)19(15)23(21)22/h2-4,6,9,12,14-15H,1,5,7-8,10-11H2,(H,21,22)/p-1/t12-,14?,15?/m0/s1. The van der Waals surface area contributed by atoms with E-state index in [4.69, 9.17) is 0 Å². The Balaban J connectivity index is 1.92. The van der Waals surface area contributed by atoms with Gasteiger partial charge in [0.05, 0.1) is 12.2 Å². The zero-order chi connectivity index (χ0) is 16.4. The third-order valence-corrected chi connectivity index (χ3v) is 5.56. The summed E-state index contributed by atoms with van der Waals surface area (Å²) >= 11 is -2.40. The lowest BCUT2D eigenvalue weighted by atomic mass is 9.90. The van der Waals surface area contributed by atoms with Gasteiger partial charge in [-0.05, 0) is 31.4 Å². The molecule has 0 radical (unpaired) electrons. The van der Waals surface area contributed by atoms with Crippen molar-refractivity contribution in [1.82, 2.24) is 14.2 Å². The van der Waals surface area contributed by atoms with E-state index in [0.29, 0.717) is 19.5 Å². The Labute approximate surface area is 138 Å². The van der Waals surface area contributed by atoms with Gasteiger partial charge in [-0.15, -0.1) is 6.58 Å². The number of nitrogens with zero attached hydrogens (tertiary/aromatic N) is 3. The van der Waals surface area contributed by atoms with Crippen LogP contribution in [0.15, 0.2) is 37.1 Å². The maximum absolute atomic E-state index is 12.9. The molecule has 1 aromatic rings. The lowest BCUT2D eigenvalue weighted by molar-refractivity contribution is -0.135. The molecule has 7 heteroatoms. The average molecular weight is 334 g/mol. The van der Waals surface area contributed by atoms with Crippen LogP contribution in [0.3, 0.4) is 0 Å². The van der Waals surface area contributed by atoms with E-state index >= 15 is 0 Å². The Kier molecular flexibility index (Phi) is 4.89. The van der Waals surface area contributed by atoms with Gasteiger partial charge < -0.3 is 9.45 Å². The summed E-state index contributed by atoms with van der Waals surface area (Å²) in [5.74, 6) is -0.195. The Morgan fingerprint density at radius 1 is 1.43 bits per heavy atom. The molecule has 6 nitrogen and oxygen atoms in total. The van der Waals surface area contributed by atoms with E-state index in [9.17, 15) is 13.6 Å². The van der Waals surface area contributed by atoms with Crippen molar-refractivity contribution in [3.63, 3.8) is 0 Å². The fourth-order valence-electron chi connectivity index (χ4n) is 3.59. The minimum Gasteiger partial charge on any atom is -0.760 e. The van der Waals surface area contributed by atoms with Crippen LogP contribution in [0.2, 0.25) is 0 Å². The lowest BCUT2D eigenvalue weighted by Gasteiger charge is -2.41. The Hall–Kier alpha value is -1.57. The molecule has 0 aliphatic carbocycles. The fourth-order valence-corrected chi connectivity index (χ4v) is 4.48. The van der Waals surface area contributed by atoms with E-state index < -0.39 is 17.3 Å². The van der Waals surface area contributed by atoms with Crippen molar-refractivity contribution < 1.29 is 13.6 Å². The summed E-state index contributed by atoms with van der Waals surface area (Å²) in [5, 5.41) is 0. The van der Waals surface area contributed by atoms with Crippen molar-refractivity contribution in [3.05, 3.63) is 42.7 Å². The van der Waals surface area contributed by atoms with Gasteiger partial charge in [0.2, 0.25) is 5.91 Å². The second-order valence-electron chi connectivity index (χ2n) is 6.03. The topological polar surface area (TPSA) is 76.6 Å². The van der Waals surface area contributed by atoms with E-state index in [1.165, 1.54) is 4.31 Å². The van der Waals surface area contributed by atoms with Gasteiger partial charge in [0.1, 0.15) is 6.04 Å². The average Bonchev–Trinajstić information content (AvgIpc) is 2.63. The van der Waals surface area contributed by atoms with Gasteiger partial charge in [-0.1, -0.05) is 12.1 Å². The zero-order valence-corrected chi connectivity index (χ0v) is 13.7. The van der Waals surface area contributed by atoms with Crippen molar-refractivity contribution in [2.45, 2.75) is 37.9 Å². The summed E-state index contributed by atoms with van der Waals surface area (Å²) in [5.41, 5.74) is 0.801. The van der Waals surface area contributed by atoms with Crippen LogP contribution in [0, 0.1) is 5.92 Å². The summed E-state index contributed by atoms with van der Waals surface area (Å²) in [6, 6.07) is 4.81. The van der Waals surface area contributed by atoms with E-state index in [2.05, 4.69) is 11.6 Å². The SMILES string of the molecule is C=C[C@H]1CN(Cc2ccccn2)C(=O)C2CCCC1N2S(=O)[O-]. The number of hydrogen-bond donors (Lipinski definition) is 0. The van der Waals surface area contributed by atoms with Crippen LogP contribution in [0.25, 0.3) is 0 Å². The summed E-state index contributed by atoms with van der Waals surface area (Å²) in [7, 11) is 0. The number of rotatable bonds is 4. The molecule has 1 amide bonds. The first-order valence-corrected chi connectivity index (χ1v) is 8.84. The van der Waals surface area contributed by atoms with Gasteiger partial charge in [-0.25, -0.2) is 4.31 Å². The third kappa shape index (κ3) is 3.22. The lowest BCUT2D eigenvalue weighted by Crippen LogP contribution is -2.52. The number of carbonyl (C=O) groups is 1. The van der Waals surface area contributed by atoms with Gasteiger partial charge in [0, 0.05) is 36.0 Å². The van der Waals surface area contributed by atoms with Crippen molar-refractivity contribution in [2.24, 2.45) is 5.92 Å². The smallest absolute Gasteiger partial charge is 0.241 e. The van der Waals surface area contributed by atoms with Crippen LogP contribution < -0.4 is 0 Å². The molecule has 3 unspecified atom stereocenters. The number of carbonyl (C=O) groups excluding carboxylic acids is 1. The van der Waals surface area contributed by atoms with E-state index in [0.717, 1.165) is 18.5 Å². The van der Waals surface area contributed by atoms with Crippen molar-refractivity contribution >= 4 is 17.2 Å². The third-order valence-electron chi connectivity index (χ3n) is 4.69. The molecule has 2 bridgehead atoms. The minimum absolute atomic E-state index is 0.0640. The second kappa shape index (κ2) is 6.90. The first kappa shape index (κ1) is 16.3. The molecular formula is C16H20N3O3S-. The van der Waals surface area contributed by atoms with Crippen LogP contribution in [-0.4, -0.2) is 47.5 Å². The van der Waals surface area contributed by atoms with Crippen LogP contribution in [0.1, 0.15) is 25.0 Å². The highest BCUT2D eigenvalue weighted by Gasteiger charge is 2.44. The van der Waals surface area contributed by atoms with Gasteiger partial charge in [0.25, 0.3) is 0 Å². The van der Waals surface area contributed by atoms with E-state index in [1.54, 1.807) is 17.2 Å². The Morgan fingerprint density at radius 2 is 2.26 bits per heavy atom. The minimum atomic E-state index is -2.40. The van der Waals surface area contributed by atoms with Crippen LogP contribution in [0.4, 0.5) is 0 Å². The second-order valence-corrected chi connectivity index (χ2v) is 6.89. The number of pyridine rings is 1. The maximum atomic E-state index is 12.9. The molecule has 3 heterocycles. The Bertz CT molecular complexity index is 610. The Morgan fingerprint density at radius 3 is 2.91 bits per heavy atom. The summed E-state index contributed by atoms with van der Waals surface area (Å²) in [6.45, 7) is 4.73. The number of amides is 1. The number of piperidine rings is 1.